The minimum Gasteiger partial charge on any atom is -0.465 e. The lowest BCUT2D eigenvalue weighted by Gasteiger charge is -2.30. The van der Waals surface area contributed by atoms with Crippen molar-refractivity contribution >= 4 is 11.9 Å². The summed E-state index contributed by atoms with van der Waals surface area (Å²) < 4.78 is 11.5. The zero-order valence-corrected chi connectivity index (χ0v) is 21.6. The van der Waals surface area contributed by atoms with E-state index in [0.717, 1.165) is 38.5 Å². The molecule has 3 fully saturated rings. The van der Waals surface area contributed by atoms with Crippen LogP contribution in [0.4, 0.5) is 0 Å². The highest BCUT2D eigenvalue weighted by Crippen LogP contribution is 2.38. The molecule has 1 aliphatic carbocycles. The summed E-state index contributed by atoms with van der Waals surface area (Å²) in [6, 6.07) is 0. The molecule has 184 valence electrons. The normalized spacial score (nSPS) is 34.8. The van der Waals surface area contributed by atoms with Crippen molar-refractivity contribution in [2.75, 3.05) is 13.2 Å². The Morgan fingerprint density at radius 1 is 0.656 bits per heavy atom. The van der Waals surface area contributed by atoms with Crippen molar-refractivity contribution in [3.63, 3.8) is 0 Å². The second kappa shape index (κ2) is 8.90. The quantitative estimate of drug-likeness (QED) is 0.590. The third-order valence-corrected chi connectivity index (χ3v) is 7.95. The fraction of sp³-hybridized carbons (Fsp3) is 0.923. The molecule has 0 bridgehead atoms. The second-order valence-corrected chi connectivity index (χ2v) is 13.1. The summed E-state index contributed by atoms with van der Waals surface area (Å²) in [6.07, 6.45) is 5.71. The maximum Gasteiger partial charge on any atom is 0.310 e. The molecule has 2 N–H and O–H groups in total. The van der Waals surface area contributed by atoms with Gasteiger partial charge in [-0.2, -0.15) is 0 Å². The summed E-state index contributed by atoms with van der Waals surface area (Å²) >= 11 is 0. The van der Waals surface area contributed by atoms with Gasteiger partial charge >= 0.3 is 11.9 Å². The highest BCUT2D eigenvalue weighted by molar-refractivity contribution is 5.75. The molecular weight excluding hydrogens is 404 g/mol. The van der Waals surface area contributed by atoms with Crippen molar-refractivity contribution in [2.45, 2.75) is 116 Å². The van der Waals surface area contributed by atoms with E-state index in [4.69, 9.17) is 9.47 Å². The van der Waals surface area contributed by atoms with E-state index in [1.165, 1.54) is 0 Å². The van der Waals surface area contributed by atoms with E-state index in [9.17, 15) is 9.59 Å². The molecule has 0 radical (unpaired) electrons. The van der Waals surface area contributed by atoms with Gasteiger partial charge in [-0.1, -0.05) is 0 Å². The molecule has 1 saturated carbocycles. The number of carbonyl (C=O) groups excluding carboxylic acids is 2. The van der Waals surface area contributed by atoms with E-state index >= 15 is 0 Å². The van der Waals surface area contributed by atoms with Crippen LogP contribution in [-0.2, 0) is 19.1 Å². The zero-order valence-electron chi connectivity index (χ0n) is 21.6. The van der Waals surface area contributed by atoms with E-state index in [-0.39, 0.29) is 45.9 Å². The van der Waals surface area contributed by atoms with Crippen LogP contribution in [-0.4, -0.2) is 47.3 Å². The molecule has 0 amide bonds. The molecule has 0 spiro atoms. The van der Waals surface area contributed by atoms with Gasteiger partial charge < -0.3 is 20.1 Å². The predicted octanol–water partition coefficient (Wildman–Crippen LogP) is 4.21. The third-order valence-electron chi connectivity index (χ3n) is 7.95. The molecule has 2 unspecified atom stereocenters. The van der Waals surface area contributed by atoms with Crippen LogP contribution in [0.1, 0.15) is 93.9 Å². The Hall–Kier alpha value is -1.14. The maximum atomic E-state index is 12.7. The molecule has 2 aliphatic heterocycles. The van der Waals surface area contributed by atoms with E-state index in [2.05, 4.69) is 66.0 Å². The monoisotopic (exact) mass is 450 g/mol. The van der Waals surface area contributed by atoms with Gasteiger partial charge in [0.1, 0.15) is 0 Å². The lowest BCUT2D eigenvalue weighted by atomic mass is 9.82. The van der Waals surface area contributed by atoms with Crippen molar-refractivity contribution < 1.29 is 19.1 Å². The molecule has 0 aromatic rings. The third kappa shape index (κ3) is 6.05. The first-order valence-corrected chi connectivity index (χ1v) is 12.5. The van der Waals surface area contributed by atoms with Crippen molar-refractivity contribution in [3.05, 3.63) is 0 Å². The Morgan fingerprint density at radius 3 is 1.22 bits per heavy atom. The minimum absolute atomic E-state index is 0.0395. The van der Waals surface area contributed by atoms with Crippen molar-refractivity contribution in [1.82, 2.24) is 10.6 Å². The van der Waals surface area contributed by atoms with Gasteiger partial charge in [0.2, 0.25) is 0 Å². The Kier molecular flexibility index (Phi) is 7.09. The highest BCUT2D eigenvalue weighted by atomic mass is 16.5. The van der Waals surface area contributed by atoms with Crippen LogP contribution in [0.5, 0.6) is 0 Å². The molecule has 2 heterocycles. The second-order valence-electron chi connectivity index (χ2n) is 13.1. The molecule has 0 aromatic carbocycles. The van der Waals surface area contributed by atoms with Gasteiger partial charge in [-0.15, -0.1) is 0 Å². The highest BCUT2D eigenvalue weighted by Gasteiger charge is 2.49. The van der Waals surface area contributed by atoms with E-state index in [1.807, 2.05) is 0 Å². The number of hydrogen-bond acceptors (Lipinski definition) is 6. The van der Waals surface area contributed by atoms with Crippen LogP contribution in [0.25, 0.3) is 0 Å². The van der Waals surface area contributed by atoms with Gasteiger partial charge in [-0.05, 0) is 106 Å². The predicted molar refractivity (Wildman–Crippen MR) is 126 cm³/mol. The SMILES string of the molecule is CC1(C)CC(C(=O)OCC2CCC(COC(=O)C3CC(C)(C)NC3(C)C)CC2)C(C)(C)N1. The Bertz CT molecular complexity index is 645. The molecule has 6 heteroatoms. The van der Waals surface area contributed by atoms with E-state index in [1.54, 1.807) is 0 Å². The number of ether oxygens (including phenoxy) is 2. The van der Waals surface area contributed by atoms with Crippen LogP contribution in [0.2, 0.25) is 0 Å². The maximum absolute atomic E-state index is 12.7. The van der Waals surface area contributed by atoms with Crippen LogP contribution >= 0.6 is 0 Å². The van der Waals surface area contributed by atoms with Gasteiger partial charge in [0, 0.05) is 22.2 Å². The fourth-order valence-electron chi connectivity index (χ4n) is 6.47. The summed E-state index contributed by atoms with van der Waals surface area (Å²) in [5, 5.41) is 7.10. The molecule has 3 aliphatic rings. The minimum atomic E-state index is -0.235. The van der Waals surface area contributed by atoms with Crippen LogP contribution in [0, 0.1) is 23.7 Å². The van der Waals surface area contributed by atoms with Crippen molar-refractivity contribution in [1.29, 1.82) is 0 Å². The Balaban J connectivity index is 1.38. The van der Waals surface area contributed by atoms with E-state index < -0.39 is 0 Å². The molecule has 3 rings (SSSR count). The Labute approximate surface area is 194 Å². The largest absolute Gasteiger partial charge is 0.465 e. The molecule has 2 atom stereocenters. The topological polar surface area (TPSA) is 76.7 Å². The van der Waals surface area contributed by atoms with Gasteiger partial charge in [-0.3, -0.25) is 9.59 Å². The van der Waals surface area contributed by atoms with Crippen molar-refractivity contribution in [3.8, 4) is 0 Å². The number of carbonyl (C=O) groups is 2. The summed E-state index contributed by atoms with van der Waals surface area (Å²) in [5.74, 6) is 0.477. The number of esters is 2. The van der Waals surface area contributed by atoms with Gasteiger partial charge in [-0.25, -0.2) is 0 Å². The number of nitrogens with one attached hydrogen (secondary N) is 2. The van der Waals surface area contributed by atoms with Crippen LogP contribution < -0.4 is 10.6 Å². The average molecular weight is 451 g/mol. The smallest absolute Gasteiger partial charge is 0.310 e. The average Bonchev–Trinajstić information content (AvgIpc) is 3.03. The first kappa shape index (κ1) is 25.5. The fourth-order valence-corrected chi connectivity index (χ4v) is 6.47. The zero-order chi connectivity index (χ0) is 23.9. The summed E-state index contributed by atoms with van der Waals surface area (Å²) in [4.78, 5) is 25.5. The standard InChI is InChI=1S/C26H46N2O4/c1-23(2)13-19(25(5,6)27-23)21(29)31-15-17-9-11-18(12-10-17)16-32-22(30)20-14-24(3,4)28-26(20,7)8/h17-20,27-28H,9-16H2,1-8H3. The summed E-state index contributed by atoms with van der Waals surface area (Å²) in [7, 11) is 0. The molecule has 32 heavy (non-hydrogen) atoms. The lowest BCUT2D eigenvalue weighted by Crippen LogP contribution is -2.46. The number of hydrogen-bond donors (Lipinski definition) is 2. The number of rotatable bonds is 6. The first-order valence-electron chi connectivity index (χ1n) is 12.5. The molecular formula is C26H46N2O4. The van der Waals surface area contributed by atoms with Gasteiger partial charge in [0.05, 0.1) is 25.0 Å². The van der Waals surface area contributed by atoms with Crippen LogP contribution in [0.15, 0.2) is 0 Å². The lowest BCUT2D eigenvalue weighted by molar-refractivity contribution is -0.154. The first-order chi connectivity index (χ1) is 14.6. The molecule has 0 aromatic heterocycles. The van der Waals surface area contributed by atoms with Crippen molar-refractivity contribution in [2.24, 2.45) is 23.7 Å². The Morgan fingerprint density at radius 2 is 0.969 bits per heavy atom. The van der Waals surface area contributed by atoms with E-state index in [0.29, 0.717) is 25.0 Å². The van der Waals surface area contributed by atoms with Gasteiger partial charge in [0.25, 0.3) is 0 Å². The van der Waals surface area contributed by atoms with Gasteiger partial charge in [0.15, 0.2) is 0 Å². The molecule has 6 nitrogen and oxygen atoms in total. The molecule has 2 saturated heterocycles. The van der Waals surface area contributed by atoms with Crippen LogP contribution in [0.3, 0.4) is 0 Å². The summed E-state index contributed by atoms with van der Waals surface area (Å²) in [5.41, 5.74) is -0.550. The summed E-state index contributed by atoms with van der Waals surface area (Å²) in [6.45, 7) is 17.9.